The molecule has 0 bridgehead atoms. The molecule has 2 amide bonds. The van der Waals surface area contributed by atoms with Gasteiger partial charge in [-0.1, -0.05) is 15.9 Å². The molecule has 5 nitrogen and oxygen atoms in total. The van der Waals surface area contributed by atoms with Crippen LogP contribution in [0.4, 0.5) is 5.69 Å². The number of nitrogens with one attached hydrogen (secondary N) is 1. The number of carbonyl (C=O) groups is 2. The summed E-state index contributed by atoms with van der Waals surface area (Å²) >= 11 is 3.37. The number of carbonyl (C=O) groups excluding carboxylic acids is 2. The maximum atomic E-state index is 12.7. The molecule has 0 aliphatic carbocycles. The van der Waals surface area contributed by atoms with Gasteiger partial charge in [0.1, 0.15) is 0 Å². The Morgan fingerprint density at radius 1 is 1.43 bits per heavy atom. The van der Waals surface area contributed by atoms with Crippen molar-refractivity contribution in [2.24, 2.45) is 5.41 Å². The minimum absolute atomic E-state index is 0.0247. The molecular weight excluding hydrogens is 334 g/mol. The highest BCUT2D eigenvalue weighted by Crippen LogP contribution is 2.32. The van der Waals surface area contributed by atoms with Crippen LogP contribution in [-0.2, 0) is 4.79 Å². The van der Waals surface area contributed by atoms with Crippen molar-refractivity contribution in [3.63, 3.8) is 0 Å². The molecular formula is C15H20BrN3O2. The van der Waals surface area contributed by atoms with E-state index in [0.29, 0.717) is 30.8 Å². The van der Waals surface area contributed by atoms with Gasteiger partial charge in [0, 0.05) is 35.9 Å². The first-order chi connectivity index (χ1) is 9.78. The van der Waals surface area contributed by atoms with Crippen LogP contribution in [0.15, 0.2) is 16.6 Å². The SMILES string of the molecule is CNC(=O)C1(C)CCN(C(=O)c2cc(Br)cc(N)c2C)C1. The van der Waals surface area contributed by atoms with Crippen molar-refractivity contribution < 1.29 is 9.59 Å². The Bertz CT molecular complexity index is 603. The van der Waals surface area contributed by atoms with Crippen molar-refractivity contribution in [2.45, 2.75) is 20.3 Å². The lowest BCUT2D eigenvalue weighted by molar-refractivity contribution is -0.128. The largest absolute Gasteiger partial charge is 0.398 e. The fraction of sp³-hybridized carbons (Fsp3) is 0.467. The molecule has 1 aliphatic heterocycles. The van der Waals surface area contributed by atoms with E-state index >= 15 is 0 Å². The zero-order valence-corrected chi connectivity index (χ0v) is 14.1. The molecule has 114 valence electrons. The van der Waals surface area contributed by atoms with Gasteiger partial charge in [-0.25, -0.2) is 0 Å². The lowest BCUT2D eigenvalue weighted by atomic mass is 9.89. The van der Waals surface area contributed by atoms with Crippen LogP contribution in [0.3, 0.4) is 0 Å². The van der Waals surface area contributed by atoms with Crippen molar-refractivity contribution in [2.75, 3.05) is 25.9 Å². The lowest BCUT2D eigenvalue weighted by Gasteiger charge is -2.23. The number of anilines is 1. The number of hydrogen-bond donors (Lipinski definition) is 2. The summed E-state index contributed by atoms with van der Waals surface area (Å²) in [4.78, 5) is 26.4. The Morgan fingerprint density at radius 2 is 2.10 bits per heavy atom. The van der Waals surface area contributed by atoms with Gasteiger partial charge < -0.3 is 16.0 Å². The number of nitrogens with zero attached hydrogens (tertiary/aromatic N) is 1. The van der Waals surface area contributed by atoms with Crippen molar-refractivity contribution in [3.05, 3.63) is 27.7 Å². The molecule has 1 aromatic rings. The molecule has 6 heteroatoms. The van der Waals surface area contributed by atoms with Gasteiger partial charge in [-0.05, 0) is 38.0 Å². The standard InChI is InChI=1S/C15H20BrN3O2/c1-9-11(6-10(16)7-12(9)17)13(20)19-5-4-15(2,8-19)14(21)18-3/h6-7H,4-5,8,17H2,1-3H3,(H,18,21). The molecule has 1 unspecified atom stereocenters. The molecule has 1 aliphatic rings. The third-order valence-corrected chi connectivity index (χ3v) is 4.64. The summed E-state index contributed by atoms with van der Waals surface area (Å²) in [5.74, 6) is -0.101. The van der Waals surface area contributed by atoms with Crippen LogP contribution in [0.25, 0.3) is 0 Å². The number of likely N-dealkylation sites (tertiary alicyclic amines) is 1. The Kier molecular flexibility index (Phi) is 4.27. The molecule has 3 N–H and O–H groups in total. The maximum absolute atomic E-state index is 12.7. The van der Waals surface area contributed by atoms with E-state index in [1.807, 2.05) is 13.8 Å². The highest BCUT2D eigenvalue weighted by Gasteiger charge is 2.41. The Hall–Kier alpha value is -1.56. The van der Waals surface area contributed by atoms with E-state index in [-0.39, 0.29) is 11.8 Å². The quantitative estimate of drug-likeness (QED) is 0.797. The summed E-state index contributed by atoms with van der Waals surface area (Å²) < 4.78 is 0.780. The maximum Gasteiger partial charge on any atom is 0.254 e. The smallest absolute Gasteiger partial charge is 0.254 e. The molecule has 0 aromatic heterocycles. The van der Waals surface area contributed by atoms with E-state index in [4.69, 9.17) is 5.73 Å². The second-order valence-corrected chi connectivity index (χ2v) is 6.70. The number of amides is 2. The van der Waals surface area contributed by atoms with Gasteiger partial charge in [-0.15, -0.1) is 0 Å². The Balaban J connectivity index is 2.25. The molecule has 1 saturated heterocycles. The fourth-order valence-electron chi connectivity index (χ4n) is 2.71. The average molecular weight is 354 g/mol. The van der Waals surface area contributed by atoms with Gasteiger partial charge >= 0.3 is 0 Å². The topological polar surface area (TPSA) is 75.4 Å². The minimum atomic E-state index is -0.518. The van der Waals surface area contributed by atoms with E-state index in [1.54, 1.807) is 24.1 Å². The molecule has 1 heterocycles. The Morgan fingerprint density at radius 3 is 2.71 bits per heavy atom. The number of nitrogens with two attached hydrogens (primary N) is 1. The second kappa shape index (κ2) is 5.67. The summed E-state index contributed by atoms with van der Waals surface area (Å²) in [6.45, 7) is 4.73. The van der Waals surface area contributed by atoms with Crippen LogP contribution < -0.4 is 11.1 Å². The van der Waals surface area contributed by atoms with Crippen LogP contribution in [-0.4, -0.2) is 36.9 Å². The molecule has 2 rings (SSSR count). The van der Waals surface area contributed by atoms with Crippen LogP contribution >= 0.6 is 15.9 Å². The summed E-state index contributed by atoms with van der Waals surface area (Å²) in [6, 6.07) is 3.56. The predicted octanol–water partition coefficient (Wildman–Crippen LogP) is 1.94. The molecule has 1 atom stereocenters. The van der Waals surface area contributed by atoms with Crippen molar-refractivity contribution >= 4 is 33.4 Å². The second-order valence-electron chi connectivity index (χ2n) is 5.78. The van der Waals surface area contributed by atoms with Crippen LogP contribution in [0.2, 0.25) is 0 Å². The molecule has 1 aromatic carbocycles. The van der Waals surface area contributed by atoms with E-state index in [0.717, 1.165) is 10.0 Å². The van der Waals surface area contributed by atoms with E-state index in [9.17, 15) is 9.59 Å². The zero-order chi connectivity index (χ0) is 15.8. The van der Waals surface area contributed by atoms with Crippen molar-refractivity contribution in [1.29, 1.82) is 0 Å². The Labute approximate surface area is 133 Å². The van der Waals surface area contributed by atoms with E-state index < -0.39 is 5.41 Å². The highest BCUT2D eigenvalue weighted by atomic mass is 79.9. The molecule has 1 fully saturated rings. The van der Waals surface area contributed by atoms with Gasteiger partial charge in [0.25, 0.3) is 5.91 Å². The average Bonchev–Trinajstić information content (AvgIpc) is 2.85. The molecule has 0 saturated carbocycles. The monoisotopic (exact) mass is 353 g/mol. The van der Waals surface area contributed by atoms with Gasteiger partial charge in [0.2, 0.25) is 5.91 Å². The zero-order valence-electron chi connectivity index (χ0n) is 12.5. The number of hydrogen-bond acceptors (Lipinski definition) is 3. The third kappa shape index (κ3) is 2.90. The van der Waals surface area contributed by atoms with Crippen molar-refractivity contribution in [3.8, 4) is 0 Å². The van der Waals surface area contributed by atoms with Gasteiger partial charge in [-0.3, -0.25) is 9.59 Å². The number of nitrogen functional groups attached to an aromatic ring is 1. The van der Waals surface area contributed by atoms with Crippen molar-refractivity contribution in [1.82, 2.24) is 10.2 Å². The summed E-state index contributed by atoms with van der Waals surface area (Å²) in [5, 5.41) is 2.67. The summed E-state index contributed by atoms with van der Waals surface area (Å²) in [7, 11) is 1.62. The van der Waals surface area contributed by atoms with Gasteiger partial charge in [-0.2, -0.15) is 0 Å². The first kappa shape index (κ1) is 15.8. The number of benzene rings is 1. The highest BCUT2D eigenvalue weighted by molar-refractivity contribution is 9.10. The fourth-order valence-corrected chi connectivity index (χ4v) is 3.19. The van der Waals surface area contributed by atoms with Gasteiger partial charge in [0.05, 0.1) is 5.41 Å². The number of halogens is 1. The lowest BCUT2D eigenvalue weighted by Crippen LogP contribution is -2.40. The molecule has 21 heavy (non-hydrogen) atoms. The normalized spacial score (nSPS) is 21.4. The molecule has 0 radical (unpaired) electrons. The minimum Gasteiger partial charge on any atom is -0.398 e. The van der Waals surface area contributed by atoms with E-state index in [2.05, 4.69) is 21.2 Å². The first-order valence-corrected chi connectivity index (χ1v) is 7.65. The predicted molar refractivity (Wildman–Crippen MR) is 86.0 cm³/mol. The summed E-state index contributed by atoms with van der Waals surface area (Å²) in [5.41, 5.74) is 7.34. The number of rotatable bonds is 2. The summed E-state index contributed by atoms with van der Waals surface area (Å²) in [6.07, 6.45) is 0.668. The third-order valence-electron chi connectivity index (χ3n) is 4.18. The van der Waals surface area contributed by atoms with Gasteiger partial charge in [0.15, 0.2) is 0 Å². The van der Waals surface area contributed by atoms with E-state index in [1.165, 1.54) is 0 Å². The van der Waals surface area contributed by atoms with Crippen LogP contribution in [0.1, 0.15) is 29.3 Å². The van der Waals surface area contributed by atoms with Crippen LogP contribution in [0.5, 0.6) is 0 Å². The molecule has 0 spiro atoms. The first-order valence-electron chi connectivity index (χ1n) is 6.85. The van der Waals surface area contributed by atoms with Crippen LogP contribution in [0, 0.1) is 12.3 Å².